The van der Waals surface area contributed by atoms with Crippen molar-refractivity contribution in [1.29, 1.82) is 0 Å². The molecule has 2 aliphatic heterocycles. The zero-order valence-electron chi connectivity index (χ0n) is 10.6. The molecule has 1 fully saturated rings. The van der Waals surface area contributed by atoms with Gasteiger partial charge in [0.05, 0.1) is 12.8 Å². The van der Waals surface area contributed by atoms with Gasteiger partial charge in [-0.3, -0.25) is 4.79 Å². The molecule has 18 heavy (non-hydrogen) atoms. The molecule has 0 radical (unpaired) electrons. The lowest BCUT2D eigenvalue weighted by molar-refractivity contribution is -0.119. The third-order valence-electron chi connectivity index (χ3n) is 3.80. The van der Waals surface area contributed by atoms with Crippen LogP contribution < -0.4 is 15.0 Å². The quantitative estimate of drug-likeness (QED) is 0.871. The lowest BCUT2D eigenvalue weighted by Gasteiger charge is -2.36. The Morgan fingerprint density at radius 2 is 2.22 bits per heavy atom. The van der Waals surface area contributed by atoms with Crippen molar-refractivity contribution in [3.05, 3.63) is 23.8 Å². The van der Waals surface area contributed by atoms with E-state index in [1.54, 1.807) is 7.11 Å². The summed E-state index contributed by atoms with van der Waals surface area (Å²) in [5.41, 5.74) is 2.29. The minimum atomic E-state index is 0.239. The summed E-state index contributed by atoms with van der Waals surface area (Å²) in [7, 11) is 1.66. The first-order chi connectivity index (χ1) is 8.78. The Morgan fingerprint density at radius 3 is 2.89 bits per heavy atom. The van der Waals surface area contributed by atoms with Crippen molar-refractivity contribution in [1.82, 2.24) is 5.32 Å². The molecule has 0 bridgehead atoms. The lowest BCUT2D eigenvalue weighted by atomic mass is 9.97. The normalized spacial score (nSPS) is 19.4. The summed E-state index contributed by atoms with van der Waals surface area (Å²) in [6, 6.07) is 6.03. The summed E-state index contributed by atoms with van der Waals surface area (Å²) in [5.74, 6) is 1.65. The lowest BCUT2D eigenvalue weighted by Crippen LogP contribution is -2.50. The zero-order chi connectivity index (χ0) is 12.5. The van der Waals surface area contributed by atoms with Crippen molar-refractivity contribution in [3.63, 3.8) is 0 Å². The van der Waals surface area contributed by atoms with Gasteiger partial charge < -0.3 is 15.0 Å². The number of carbonyl (C=O) groups excluding carboxylic acids is 1. The summed E-state index contributed by atoms with van der Waals surface area (Å²) in [4.78, 5) is 14.0. The SMILES string of the molecule is COc1ccc2c(c1)N(CC1CNC1)C(=O)CC2. The van der Waals surface area contributed by atoms with Gasteiger partial charge in [0.25, 0.3) is 0 Å². The third kappa shape index (κ3) is 1.97. The molecule has 1 saturated heterocycles. The monoisotopic (exact) mass is 246 g/mol. The molecule has 4 nitrogen and oxygen atoms in total. The van der Waals surface area contributed by atoms with Crippen molar-refractivity contribution < 1.29 is 9.53 Å². The molecule has 1 amide bonds. The maximum Gasteiger partial charge on any atom is 0.227 e. The first-order valence-corrected chi connectivity index (χ1v) is 6.46. The molecular weight excluding hydrogens is 228 g/mol. The Balaban J connectivity index is 1.90. The number of hydrogen-bond acceptors (Lipinski definition) is 3. The number of methoxy groups -OCH3 is 1. The van der Waals surface area contributed by atoms with Crippen molar-refractivity contribution >= 4 is 11.6 Å². The van der Waals surface area contributed by atoms with E-state index < -0.39 is 0 Å². The van der Waals surface area contributed by atoms with E-state index in [2.05, 4.69) is 11.4 Å². The van der Waals surface area contributed by atoms with Gasteiger partial charge in [-0.25, -0.2) is 0 Å². The van der Waals surface area contributed by atoms with Crippen molar-refractivity contribution in [3.8, 4) is 5.75 Å². The van der Waals surface area contributed by atoms with Crippen molar-refractivity contribution in [2.24, 2.45) is 5.92 Å². The van der Waals surface area contributed by atoms with Gasteiger partial charge in [-0.05, 0) is 18.1 Å². The topological polar surface area (TPSA) is 41.6 Å². The Bertz CT molecular complexity index is 469. The Morgan fingerprint density at radius 1 is 1.39 bits per heavy atom. The highest BCUT2D eigenvalue weighted by atomic mass is 16.5. The molecule has 0 atom stereocenters. The number of amides is 1. The molecular formula is C14H18N2O2. The number of anilines is 1. The molecule has 1 aromatic rings. The fraction of sp³-hybridized carbons (Fsp3) is 0.500. The van der Waals surface area contributed by atoms with Crippen LogP contribution in [0.5, 0.6) is 5.75 Å². The van der Waals surface area contributed by atoms with E-state index >= 15 is 0 Å². The number of hydrogen-bond donors (Lipinski definition) is 1. The maximum absolute atomic E-state index is 12.1. The number of nitrogens with one attached hydrogen (secondary N) is 1. The van der Waals surface area contributed by atoms with E-state index in [0.29, 0.717) is 12.3 Å². The number of benzene rings is 1. The molecule has 96 valence electrons. The van der Waals surface area contributed by atoms with Crippen LogP contribution in [0.2, 0.25) is 0 Å². The summed E-state index contributed by atoms with van der Waals surface area (Å²) >= 11 is 0. The van der Waals surface area contributed by atoms with Gasteiger partial charge in [0, 0.05) is 38.0 Å². The zero-order valence-corrected chi connectivity index (χ0v) is 10.6. The molecule has 3 rings (SSSR count). The Labute approximate surface area is 107 Å². The summed E-state index contributed by atoms with van der Waals surface area (Å²) in [6.07, 6.45) is 1.47. The van der Waals surface area contributed by atoms with Crippen LogP contribution in [0.15, 0.2) is 18.2 Å². The highest BCUT2D eigenvalue weighted by Gasteiger charge is 2.28. The van der Waals surface area contributed by atoms with Gasteiger partial charge in [-0.1, -0.05) is 6.07 Å². The van der Waals surface area contributed by atoms with E-state index in [0.717, 1.165) is 37.5 Å². The Hall–Kier alpha value is -1.55. The number of carbonyl (C=O) groups is 1. The fourth-order valence-electron chi connectivity index (χ4n) is 2.58. The number of nitrogens with zero attached hydrogens (tertiary/aromatic N) is 1. The fourth-order valence-corrected chi connectivity index (χ4v) is 2.58. The van der Waals surface area contributed by atoms with E-state index in [-0.39, 0.29) is 5.91 Å². The molecule has 1 N–H and O–H groups in total. The molecule has 0 aliphatic carbocycles. The Kier molecular flexibility index (Phi) is 2.96. The van der Waals surface area contributed by atoms with Gasteiger partial charge in [0.1, 0.15) is 5.75 Å². The van der Waals surface area contributed by atoms with Crippen LogP contribution in [0.25, 0.3) is 0 Å². The van der Waals surface area contributed by atoms with Crippen molar-refractivity contribution in [2.75, 3.05) is 31.6 Å². The maximum atomic E-state index is 12.1. The highest BCUT2D eigenvalue weighted by Crippen LogP contribution is 2.32. The van der Waals surface area contributed by atoms with Crippen LogP contribution >= 0.6 is 0 Å². The number of fused-ring (bicyclic) bond motifs is 1. The van der Waals surface area contributed by atoms with E-state index in [9.17, 15) is 4.79 Å². The van der Waals surface area contributed by atoms with Crippen LogP contribution in [0.3, 0.4) is 0 Å². The second kappa shape index (κ2) is 4.61. The summed E-state index contributed by atoms with van der Waals surface area (Å²) < 4.78 is 5.26. The molecule has 1 aromatic carbocycles. The van der Waals surface area contributed by atoms with Crippen molar-refractivity contribution in [2.45, 2.75) is 12.8 Å². The van der Waals surface area contributed by atoms with Gasteiger partial charge >= 0.3 is 0 Å². The van der Waals surface area contributed by atoms with Crippen LogP contribution in [-0.2, 0) is 11.2 Å². The highest BCUT2D eigenvalue weighted by molar-refractivity contribution is 5.96. The van der Waals surface area contributed by atoms with E-state index in [1.165, 1.54) is 5.56 Å². The van der Waals surface area contributed by atoms with Gasteiger partial charge in [-0.2, -0.15) is 0 Å². The molecule has 2 heterocycles. The summed E-state index contributed by atoms with van der Waals surface area (Å²) in [5, 5.41) is 3.25. The minimum absolute atomic E-state index is 0.239. The van der Waals surface area contributed by atoms with E-state index in [1.807, 2.05) is 17.0 Å². The van der Waals surface area contributed by atoms with Crippen LogP contribution in [0.1, 0.15) is 12.0 Å². The smallest absolute Gasteiger partial charge is 0.227 e. The van der Waals surface area contributed by atoms with Crippen LogP contribution in [-0.4, -0.2) is 32.7 Å². The predicted molar refractivity (Wildman–Crippen MR) is 70.0 cm³/mol. The second-order valence-corrected chi connectivity index (χ2v) is 5.02. The predicted octanol–water partition coefficient (Wildman–Crippen LogP) is 1.19. The average molecular weight is 246 g/mol. The van der Waals surface area contributed by atoms with Gasteiger partial charge in [0.15, 0.2) is 0 Å². The average Bonchev–Trinajstić information content (AvgIpc) is 2.35. The second-order valence-electron chi connectivity index (χ2n) is 5.02. The molecule has 0 aromatic heterocycles. The summed E-state index contributed by atoms with van der Waals surface area (Å²) in [6.45, 7) is 2.86. The third-order valence-corrected chi connectivity index (χ3v) is 3.80. The molecule has 0 unspecified atom stereocenters. The molecule has 0 spiro atoms. The molecule has 2 aliphatic rings. The van der Waals surface area contributed by atoms with E-state index in [4.69, 9.17) is 4.74 Å². The van der Waals surface area contributed by atoms with Crippen LogP contribution in [0.4, 0.5) is 5.69 Å². The standard InChI is InChI=1S/C14H18N2O2/c1-18-12-4-2-11-3-5-14(17)16(13(11)6-12)9-10-7-15-8-10/h2,4,6,10,15H,3,5,7-9H2,1H3. The first kappa shape index (κ1) is 11.5. The molecule has 0 saturated carbocycles. The number of rotatable bonds is 3. The largest absolute Gasteiger partial charge is 0.497 e. The first-order valence-electron chi connectivity index (χ1n) is 6.46. The minimum Gasteiger partial charge on any atom is -0.497 e. The number of aryl methyl sites for hydroxylation is 1. The van der Waals surface area contributed by atoms with Gasteiger partial charge in [-0.15, -0.1) is 0 Å². The molecule has 4 heteroatoms. The van der Waals surface area contributed by atoms with Crippen LogP contribution in [0, 0.1) is 5.92 Å². The van der Waals surface area contributed by atoms with Gasteiger partial charge in [0.2, 0.25) is 5.91 Å². The number of ether oxygens (including phenoxy) is 1.